The van der Waals surface area contributed by atoms with Crippen molar-refractivity contribution in [1.29, 1.82) is 0 Å². The number of hydrogen-bond acceptors (Lipinski definition) is 4. The van der Waals surface area contributed by atoms with E-state index in [9.17, 15) is 5.11 Å². The molecule has 4 aromatic rings. The number of anilines is 1. The summed E-state index contributed by atoms with van der Waals surface area (Å²) in [7, 11) is 0. The van der Waals surface area contributed by atoms with Crippen molar-refractivity contribution in [2.45, 2.75) is 65.0 Å². The fourth-order valence-corrected chi connectivity index (χ4v) is 5.80. The molecule has 0 bridgehead atoms. The van der Waals surface area contributed by atoms with E-state index in [1.165, 1.54) is 16.7 Å². The van der Waals surface area contributed by atoms with Gasteiger partial charge in [0, 0.05) is 32.7 Å². The zero-order chi connectivity index (χ0) is 28.0. The molecule has 1 saturated heterocycles. The maximum atomic E-state index is 12.0. The third-order valence-electron chi connectivity index (χ3n) is 7.88. The third kappa shape index (κ3) is 6.93. The Balaban J connectivity index is 1.44. The number of aliphatic hydroxyl groups is 1. The highest BCUT2D eigenvalue weighted by atomic mass is 16.5. The minimum Gasteiger partial charge on any atom is -0.489 e. The van der Waals surface area contributed by atoms with E-state index in [-0.39, 0.29) is 6.10 Å². The molecule has 0 unspecified atom stereocenters. The molecule has 0 atom stereocenters. The first kappa shape index (κ1) is 27.9. The molecule has 1 aliphatic rings. The fraction of sp³-hybridized carbons (Fsp3) is 0.333. The average molecular weight is 535 g/mol. The Bertz CT molecular complexity index is 1310. The quantitative estimate of drug-likeness (QED) is 0.229. The smallest absolute Gasteiger partial charge is 0.143 e. The van der Waals surface area contributed by atoms with Gasteiger partial charge < -0.3 is 14.7 Å². The molecule has 0 amide bonds. The highest BCUT2D eigenvalue weighted by molar-refractivity contribution is 5.63. The second-order valence-electron chi connectivity index (χ2n) is 11.4. The first-order valence-electron chi connectivity index (χ1n) is 14.5. The molecular weight excluding hydrogens is 492 g/mol. The molecule has 4 nitrogen and oxygen atoms in total. The molecule has 1 aliphatic heterocycles. The van der Waals surface area contributed by atoms with E-state index < -0.39 is 5.60 Å². The maximum Gasteiger partial charge on any atom is 0.143 e. The van der Waals surface area contributed by atoms with Crippen LogP contribution in [0.3, 0.4) is 0 Å². The summed E-state index contributed by atoms with van der Waals surface area (Å²) in [5, 5.41) is 12.0. The number of hydrogen-bond donors (Lipinski definition) is 1. The van der Waals surface area contributed by atoms with Gasteiger partial charge in [-0.05, 0) is 73.6 Å². The Kier molecular flexibility index (Phi) is 8.88. The van der Waals surface area contributed by atoms with Crippen molar-refractivity contribution in [1.82, 2.24) is 4.90 Å². The number of nitrogens with zero attached hydrogens (tertiary/aromatic N) is 2. The molecule has 40 heavy (non-hydrogen) atoms. The van der Waals surface area contributed by atoms with Crippen molar-refractivity contribution in [3.8, 4) is 5.75 Å². The summed E-state index contributed by atoms with van der Waals surface area (Å²) in [4.78, 5) is 4.84. The molecule has 0 radical (unpaired) electrons. The first-order valence-corrected chi connectivity index (χ1v) is 14.5. The van der Waals surface area contributed by atoms with E-state index in [1.807, 2.05) is 0 Å². The lowest BCUT2D eigenvalue weighted by Crippen LogP contribution is -2.42. The zero-order valence-corrected chi connectivity index (χ0v) is 24.1. The van der Waals surface area contributed by atoms with Crippen LogP contribution in [0.2, 0.25) is 0 Å². The minimum atomic E-state index is -0.866. The van der Waals surface area contributed by atoms with Gasteiger partial charge in [-0.1, -0.05) is 91.0 Å². The van der Waals surface area contributed by atoms with E-state index in [1.54, 1.807) is 0 Å². The summed E-state index contributed by atoms with van der Waals surface area (Å²) in [6.45, 7) is 10.4. The van der Waals surface area contributed by atoms with Gasteiger partial charge in [-0.2, -0.15) is 0 Å². The molecule has 1 fully saturated rings. The van der Waals surface area contributed by atoms with Gasteiger partial charge in [0.1, 0.15) is 5.75 Å². The molecular formula is C36H42N2O2. The molecule has 5 rings (SSSR count). The van der Waals surface area contributed by atoms with Gasteiger partial charge in [0.2, 0.25) is 0 Å². The average Bonchev–Trinajstić information content (AvgIpc) is 2.96. The van der Waals surface area contributed by atoms with Gasteiger partial charge in [-0.3, -0.25) is 4.90 Å². The monoisotopic (exact) mass is 534 g/mol. The summed E-state index contributed by atoms with van der Waals surface area (Å²) < 4.78 is 6.47. The maximum absolute atomic E-state index is 12.0. The molecule has 4 heteroatoms. The second kappa shape index (κ2) is 12.7. The van der Waals surface area contributed by atoms with Crippen LogP contribution in [0.25, 0.3) is 0 Å². The topological polar surface area (TPSA) is 35.9 Å². The van der Waals surface area contributed by atoms with Crippen molar-refractivity contribution < 1.29 is 9.84 Å². The summed E-state index contributed by atoms with van der Waals surface area (Å²) in [5.41, 5.74) is 6.11. The lowest BCUT2D eigenvalue weighted by Gasteiger charge is -2.40. The number of aryl methyl sites for hydroxylation is 1. The number of rotatable bonds is 10. The van der Waals surface area contributed by atoms with Crippen LogP contribution in [0, 0.1) is 6.92 Å². The van der Waals surface area contributed by atoms with E-state index in [0.29, 0.717) is 12.8 Å². The summed E-state index contributed by atoms with van der Waals surface area (Å²) >= 11 is 0. The molecule has 0 aliphatic carbocycles. The van der Waals surface area contributed by atoms with Crippen LogP contribution in [0.4, 0.5) is 5.69 Å². The Morgan fingerprint density at radius 3 is 1.77 bits per heavy atom. The highest BCUT2D eigenvalue weighted by Gasteiger charge is 2.36. The van der Waals surface area contributed by atoms with Crippen molar-refractivity contribution in [3.63, 3.8) is 0 Å². The number of piperidine rings is 1. The van der Waals surface area contributed by atoms with Crippen LogP contribution >= 0.6 is 0 Å². The summed E-state index contributed by atoms with van der Waals surface area (Å²) in [6, 6.07) is 36.1. The fourth-order valence-electron chi connectivity index (χ4n) is 5.80. The van der Waals surface area contributed by atoms with Crippen molar-refractivity contribution in [3.05, 3.63) is 131 Å². The predicted octanol–water partition coefficient (Wildman–Crippen LogP) is 7.47. The van der Waals surface area contributed by atoms with Gasteiger partial charge in [-0.15, -0.1) is 0 Å². The molecule has 0 saturated carbocycles. The SMILES string of the molecule is Cc1cc(N(Cc2ccccc2)Cc2ccccc2)c(OC(C)C)cc1C1(O)CCN(Cc2ccccc2)CC1. The number of likely N-dealkylation sites (tertiary alicyclic amines) is 1. The molecule has 208 valence electrons. The normalized spacial score (nSPS) is 15.2. The lowest BCUT2D eigenvalue weighted by atomic mass is 9.81. The Morgan fingerprint density at radius 1 is 0.775 bits per heavy atom. The number of benzene rings is 4. The Morgan fingerprint density at radius 2 is 1.27 bits per heavy atom. The molecule has 0 aromatic heterocycles. The van der Waals surface area contributed by atoms with E-state index >= 15 is 0 Å². The van der Waals surface area contributed by atoms with Crippen LogP contribution in [-0.4, -0.2) is 29.2 Å². The van der Waals surface area contributed by atoms with Crippen molar-refractivity contribution >= 4 is 5.69 Å². The second-order valence-corrected chi connectivity index (χ2v) is 11.4. The third-order valence-corrected chi connectivity index (χ3v) is 7.88. The molecule has 0 spiro atoms. The van der Waals surface area contributed by atoms with Crippen LogP contribution in [0.15, 0.2) is 103 Å². The lowest BCUT2D eigenvalue weighted by molar-refractivity contribution is -0.0283. The van der Waals surface area contributed by atoms with Gasteiger partial charge in [0.05, 0.1) is 17.4 Å². The zero-order valence-electron chi connectivity index (χ0n) is 24.1. The number of ether oxygens (including phenoxy) is 1. The van der Waals surface area contributed by atoms with E-state index in [0.717, 1.165) is 55.3 Å². The van der Waals surface area contributed by atoms with Gasteiger partial charge in [-0.25, -0.2) is 0 Å². The first-order chi connectivity index (χ1) is 19.4. The summed E-state index contributed by atoms with van der Waals surface area (Å²) in [5.74, 6) is 0.836. The minimum absolute atomic E-state index is 0.0203. The van der Waals surface area contributed by atoms with E-state index in [4.69, 9.17) is 4.74 Å². The summed E-state index contributed by atoms with van der Waals surface area (Å²) in [6.07, 6.45) is 1.43. The Hall–Kier alpha value is -3.60. The van der Waals surface area contributed by atoms with Crippen LogP contribution in [0.1, 0.15) is 54.5 Å². The van der Waals surface area contributed by atoms with Crippen molar-refractivity contribution in [2.75, 3.05) is 18.0 Å². The van der Waals surface area contributed by atoms with Crippen molar-refractivity contribution in [2.24, 2.45) is 0 Å². The Labute approximate surface area is 239 Å². The van der Waals surface area contributed by atoms with Crippen LogP contribution in [0.5, 0.6) is 5.75 Å². The van der Waals surface area contributed by atoms with Crippen LogP contribution < -0.4 is 9.64 Å². The van der Waals surface area contributed by atoms with Crippen LogP contribution in [-0.2, 0) is 25.2 Å². The molecule has 1 N–H and O–H groups in total. The predicted molar refractivity (Wildman–Crippen MR) is 165 cm³/mol. The molecule has 1 heterocycles. The van der Waals surface area contributed by atoms with E-state index in [2.05, 4.69) is 134 Å². The standard InChI is InChI=1S/C36H42N2O2/c1-28(2)40-35-24-33(36(39)19-21-37(22-20-36)25-30-13-7-4-8-14-30)29(3)23-34(35)38(26-31-15-9-5-10-16-31)27-32-17-11-6-12-18-32/h4-18,23-24,28,39H,19-22,25-27H2,1-3H3. The van der Waals surface area contributed by atoms with Gasteiger partial charge in [0.15, 0.2) is 0 Å². The molecule has 4 aromatic carbocycles. The van der Waals surface area contributed by atoms with Gasteiger partial charge >= 0.3 is 0 Å². The highest BCUT2D eigenvalue weighted by Crippen LogP contribution is 2.42. The van der Waals surface area contributed by atoms with Gasteiger partial charge in [0.25, 0.3) is 0 Å². The largest absolute Gasteiger partial charge is 0.489 e.